The van der Waals surface area contributed by atoms with Gasteiger partial charge in [0.25, 0.3) is 6.71 Å². The Labute approximate surface area is 131 Å². The van der Waals surface area contributed by atoms with Gasteiger partial charge >= 0.3 is 15.6 Å². The first kappa shape index (κ1) is 16.0. The SMILES string of the molecule is N#CB1CCCC2Oc3cc(OS(=O)(=O)C(F)(F)F)ccc3C12. The van der Waals surface area contributed by atoms with Gasteiger partial charge in [0, 0.05) is 17.9 Å². The fraction of sp³-hybridized carbons (Fsp3) is 0.462. The predicted molar refractivity (Wildman–Crippen MR) is 74.6 cm³/mol. The molecule has 1 aromatic rings. The number of ether oxygens (including phenoxy) is 1. The van der Waals surface area contributed by atoms with E-state index in [1.54, 1.807) is 0 Å². The molecule has 23 heavy (non-hydrogen) atoms. The van der Waals surface area contributed by atoms with Gasteiger partial charge in [-0.3, -0.25) is 0 Å². The van der Waals surface area contributed by atoms with E-state index in [1.807, 2.05) is 0 Å². The van der Waals surface area contributed by atoms with Crippen molar-refractivity contribution in [2.75, 3.05) is 0 Å². The third-order valence-corrected chi connectivity index (χ3v) is 5.09. The summed E-state index contributed by atoms with van der Waals surface area (Å²) in [5, 5.41) is 9.23. The van der Waals surface area contributed by atoms with E-state index < -0.39 is 21.4 Å². The molecule has 0 amide bonds. The molecule has 2 atom stereocenters. The smallest absolute Gasteiger partial charge is 0.490 e. The van der Waals surface area contributed by atoms with Crippen molar-refractivity contribution in [1.29, 1.82) is 5.26 Å². The Bertz CT molecular complexity index is 774. The average molecular weight is 345 g/mol. The summed E-state index contributed by atoms with van der Waals surface area (Å²) in [6.07, 6.45) is 2.10. The van der Waals surface area contributed by atoms with E-state index in [1.165, 1.54) is 6.07 Å². The topological polar surface area (TPSA) is 76.4 Å². The summed E-state index contributed by atoms with van der Waals surface area (Å²) >= 11 is 0. The molecule has 0 aromatic heterocycles. The van der Waals surface area contributed by atoms with Crippen LogP contribution in [-0.2, 0) is 10.1 Å². The van der Waals surface area contributed by atoms with Gasteiger partial charge in [-0.25, -0.2) is 5.26 Å². The molecule has 122 valence electrons. The second-order valence-electron chi connectivity index (χ2n) is 5.53. The first-order valence-corrected chi connectivity index (χ1v) is 8.35. The average Bonchev–Trinajstić information content (AvgIpc) is 2.83. The Hall–Kier alpha value is -1.89. The van der Waals surface area contributed by atoms with Crippen LogP contribution in [0.4, 0.5) is 13.2 Å². The quantitative estimate of drug-likeness (QED) is 0.468. The normalized spacial score (nSPS) is 23.5. The first-order valence-electron chi connectivity index (χ1n) is 6.94. The molecule has 0 bridgehead atoms. The van der Waals surface area contributed by atoms with Crippen molar-refractivity contribution in [3.63, 3.8) is 0 Å². The van der Waals surface area contributed by atoms with E-state index in [4.69, 9.17) is 4.74 Å². The van der Waals surface area contributed by atoms with Gasteiger partial charge in [-0.15, -0.1) is 0 Å². The van der Waals surface area contributed by atoms with Crippen molar-refractivity contribution in [3.05, 3.63) is 23.8 Å². The second-order valence-corrected chi connectivity index (χ2v) is 7.07. The van der Waals surface area contributed by atoms with E-state index in [9.17, 15) is 26.9 Å². The molecular weight excluding hydrogens is 334 g/mol. The van der Waals surface area contributed by atoms with Gasteiger partial charge in [0.2, 0.25) is 0 Å². The minimum absolute atomic E-state index is 0.142. The number of halogens is 3. The molecule has 10 heteroatoms. The monoisotopic (exact) mass is 345 g/mol. The second kappa shape index (κ2) is 5.34. The number of hydrogen-bond acceptors (Lipinski definition) is 5. The van der Waals surface area contributed by atoms with Crippen molar-refractivity contribution in [2.45, 2.75) is 36.6 Å². The first-order chi connectivity index (χ1) is 10.7. The molecule has 3 rings (SSSR count). The van der Waals surface area contributed by atoms with Crippen molar-refractivity contribution in [3.8, 4) is 17.5 Å². The van der Waals surface area contributed by atoms with Crippen molar-refractivity contribution in [2.24, 2.45) is 0 Å². The van der Waals surface area contributed by atoms with Crippen LogP contribution in [0, 0.1) is 11.2 Å². The molecule has 2 heterocycles. The molecule has 1 saturated heterocycles. The number of hydrogen-bond donors (Lipinski definition) is 0. The summed E-state index contributed by atoms with van der Waals surface area (Å²) in [6.45, 7) is -0.222. The molecule has 1 aromatic carbocycles. The molecule has 2 aliphatic heterocycles. The number of nitriles is 1. The number of benzene rings is 1. The lowest BCUT2D eigenvalue weighted by Crippen LogP contribution is -2.35. The Morgan fingerprint density at radius 1 is 1.39 bits per heavy atom. The minimum atomic E-state index is -5.72. The van der Waals surface area contributed by atoms with Crippen LogP contribution < -0.4 is 8.92 Å². The Kier molecular flexibility index (Phi) is 3.71. The largest absolute Gasteiger partial charge is 0.534 e. The zero-order valence-electron chi connectivity index (χ0n) is 11.7. The van der Waals surface area contributed by atoms with E-state index in [0.717, 1.165) is 31.3 Å². The number of fused-ring (bicyclic) bond motifs is 3. The molecule has 2 aliphatic rings. The van der Waals surface area contributed by atoms with E-state index in [2.05, 4.69) is 10.2 Å². The van der Waals surface area contributed by atoms with Gasteiger partial charge in [-0.1, -0.05) is 18.8 Å². The van der Waals surface area contributed by atoms with E-state index in [-0.39, 0.29) is 24.4 Å². The predicted octanol–water partition coefficient (Wildman–Crippen LogP) is 2.65. The summed E-state index contributed by atoms with van der Waals surface area (Å²) in [4.78, 5) is 0. The Morgan fingerprint density at radius 2 is 2.13 bits per heavy atom. The highest BCUT2D eigenvalue weighted by atomic mass is 32.2. The van der Waals surface area contributed by atoms with Crippen LogP contribution in [0.15, 0.2) is 18.2 Å². The lowest BCUT2D eigenvalue weighted by molar-refractivity contribution is -0.0500. The van der Waals surface area contributed by atoms with E-state index >= 15 is 0 Å². The van der Waals surface area contributed by atoms with Crippen LogP contribution in [0.25, 0.3) is 0 Å². The summed E-state index contributed by atoms with van der Waals surface area (Å²) in [5.41, 5.74) is -4.79. The Morgan fingerprint density at radius 3 is 2.78 bits per heavy atom. The lowest BCUT2D eigenvalue weighted by atomic mass is 9.35. The number of nitrogens with zero attached hydrogens (tertiary/aromatic N) is 1. The van der Waals surface area contributed by atoms with Crippen LogP contribution in [0.2, 0.25) is 6.32 Å². The standard InChI is InChI=1S/C13H11BF3NO4S/c15-13(16,17)23(19,20)22-8-3-4-9-11(6-8)21-10-2-1-5-14(7-18)12(9)10/h3-4,6,10,12H,1-2,5H2. The van der Waals surface area contributed by atoms with E-state index in [0.29, 0.717) is 5.56 Å². The molecule has 0 N–H and O–H groups in total. The van der Waals surface area contributed by atoms with Gasteiger partial charge < -0.3 is 8.92 Å². The number of alkyl halides is 3. The summed E-state index contributed by atoms with van der Waals surface area (Å²) in [7, 11) is -5.72. The summed E-state index contributed by atoms with van der Waals surface area (Å²) in [5.74, 6) is 1.90. The number of rotatable bonds is 2. The zero-order chi connectivity index (χ0) is 16.8. The van der Waals surface area contributed by atoms with Crippen molar-refractivity contribution < 1.29 is 30.5 Å². The van der Waals surface area contributed by atoms with Crippen LogP contribution in [-0.4, -0.2) is 26.7 Å². The molecule has 5 nitrogen and oxygen atoms in total. The molecule has 1 fully saturated rings. The molecule has 0 spiro atoms. The molecule has 0 radical (unpaired) electrons. The van der Waals surface area contributed by atoms with Crippen LogP contribution in [0.1, 0.15) is 24.2 Å². The van der Waals surface area contributed by atoms with Gasteiger partial charge in [0.05, 0.1) is 0 Å². The molecule has 2 unspecified atom stereocenters. The third kappa shape index (κ3) is 2.74. The summed E-state index contributed by atoms with van der Waals surface area (Å²) in [6, 6.07) is 3.75. The zero-order valence-corrected chi connectivity index (χ0v) is 12.5. The van der Waals surface area contributed by atoms with Crippen molar-refractivity contribution in [1.82, 2.24) is 0 Å². The molecule has 0 aliphatic carbocycles. The fourth-order valence-electron chi connectivity index (χ4n) is 3.13. The minimum Gasteiger partial charge on any atom is -0.490 e. The highest BCUT2D eigenvalue weighted by Crippen LogP contribution is 2.46. The van der Waals surface area contributed by atoms with Gasteiger partial charge in [0.1, 0.15) is 17.6 Å². The van der Waals surface area contributed by atoms with Gasteiger partial charge in [-0.2, -0.15) is 21.6 Å². The highest BCUT2D eigenvalue weighted by Gasteiger charge is 2.49. The fourth-order valence-corrected chi connectivity index (χ4v) is 3.58. The third-order valence-electron chi connectivity index (χ3n) is 4.12. The lowest BCUT2D eigenvalue weighted by Gasteiger charge is -2.26. The maximum absolute atomic E-state index is 12.4. The molecular formula is C13H11BF3NO4S. The molecule has 0 saturated carbocycles. The summed E-state index contributed by atoms with van der Waals surface area (Å²) < 4.78 is 68.9. The van der Waals surface area contributed by atoms with Crippen LogP contribution in [0.5, 0.6) is 11.5 Å². The maximum atomic E-state index is 12.4. The van der Waals surface area contributed by atoms with Crippen LogP contribution >= 0.6 is 0 Å². The van der Waals surface area contributed by atoms with Crippen molar-refractivity contribution >= 4 is 16.8 Å². The Balaban J connectivity index is 1.90. The van der Waals surface area contributed by atoms with Gasteiger partial charge in [-0.05, 0) is 18.1 Å². The maximum Gasteiger partial charge on any atom is 0.534 e. The van der Waals surface area contributed by atoms with Gasteiger partial charge in [0.15, 0.2) is 0 Å². The highest BCUT2D eigenvalue weighted by molar-refractivity contribution is 7.88. The van der Waals surface area contributed by atoms with Crippen LogP contribution in [0.3, 0.4) is 0 Å².